The number of benzene rings is 1. The molecule has 120 valence electrons. The first-order valence-electron chi connectivity index (χ1n) is 6.89. The lowest BCUT2D eigenvalue weighted by Crippen LogP contribution is -2.24. The number of unbranched alkanes of at least 4 members (excludes halogenated alkanes) is 3. The van der Waals surface area contributed by atoms with Crippen LogP contribution in [0.5, 0.6) is 0 Å². The molecule has 0 spiro atoms. The van der Waals surface area contributed by atoms with Gasteiger partial charge in [0.15, 0.2) is 17.5 Å². The molecule has 3 nitrogen and oxygen atoms in total. The summed E-state index contributed by atoms with van der Waals surface area (Å²) in [5.41, 5.74) is 0.480. The summed E-state index contributed by atoms with van der Waals surface area (Å²) in [6, 6.07) is 2.10. The van der Waals surface area contributed by atoms with Crippen molar-refractivity contribution in [3.63, 3.8) is 0 Å². The SMILES string of the molecule is CO[SiH](OC)OCCCCCCc1cc(F)c(F)c(F)c1. The lowest BCUT2D eigenvalue weighted by Gasteiger charge is -2.11. The zero-order chi connectivity index (χ0) is 15.7. The van der Waals surface area contributed by atoms with Crippen molar-refractivity contribution in [3.05, 3.63) is 35.1 Å². The average Bonchev–Trinajstić information content (AvgIpc) is 2.47. The van der Waals surface area contributed by atoms with Crippen LogP contribution in [0.25, 0.3) is 0 Å². The molecule has 0 saturated heterocycles. The van der Waals surface area contributed by atoms with E-state index in [1.54, 1.807) is 14.2 Å². The molecule has 0 bridgehead atoms. The molecule has 1 aromatic carbocycles. The molecule has 0 radical (unpaired) electrons. The van der Waals surface area contributed by atoms with Gasteiger partial charge in [0.2, 0.25) is 0 Å². The second-order valence-corrected chi connectivity index (χ2v) is 6.52. The van der Waals surface area contributed by atoms with Gasteiger partial charge in [-0.25, -0.2) is 13.2 Å². The van der Waals surface area contributed by atoms with Gasteiger partial charge in [-0.1, -0.05) is 12.8 Å². The van der Waals surface area contributed by atoms with Gasteiger partial charge in [0.05, 0.1) is 0 Å². The van der Waals surface area contributed by atoms with Gasteiger partial charge in [-0.2, -0.15) is 0 Å². The van der Waals surface area contributed by atoms with Crippen LogP contribution in [0.2, 0.25) is 0 Å². The van der Waals surface area contributed by atoms with E-state index in [0.717, 1.165) is 37.8 Å². The molecule has 0 aromatic heterocycles. The van der Waals surface area contributed by atoms with E-state index in [9.17, 15) is 13.2 Å². The third kappa shape index (κ3) is 6.60. The molecule has 0 aliphatic heterocycles. The first-order chi connectivity index (χ1) is 10.1. The summed E-state index contributed by atoms with van der Waals surface area (Å²) < 4.78 is 54.2. The minimum atomic E-state index is -1.94. The van der Waals surface area contributed by atoms with Crippen molar-refractivity contribution in [2.75, 3.05) is 20.8 Å². The maximum atomic E-state index is 13.0. The first kappa shape index (κ1) is 18.2. The van der Waals surface area contributed by atoms with E-state index >= 15 is 0 Å². The lowest BCUT2D eigenvalue weighted by molar-refractivity contribution is 0.133. The van der Waals surface area contributed by atoms with Crippen LogP contribution in [0.15, 0.2) is 12.1 Å². The molecule has 0 amide bonds. The van der Waals surface area contributed by atoms with Crippen LogP contribution in [-0.4, -0.2) is 30.4 Å². The summed E-state index contributed by atoms with van der Waals surface area (Å²) in [6.07, 6.45) is 4.06. The third-order valence-electron chi connectivity index (χ3n) is 3.04. The van der Waals surface area contributed by atoms with Crippen molar-refractivity contribution in [1.82, 2.24) is 0 Å². The Labute approximate surface area is 125 Å². The summed E-state index contributed by atoms with van der Waals surface area (Å²) in [6.45, 7) is 0.582. The Kier molecular flexibility index (Phi) is 8.59. The Morgan fingerprint density at radius 2 is 1.48 bits per heavy atom. The summed E-state index contributed by atoms with van der Waals surface area (Å²) in [5, 5.41) is 0. The summed E-state index contributed by atoms with van der Waals surface area (Å²) in [4.78, 5) is 0. The van der Waals surface area contributed by atoms with Crippen LogP contribution in [-0.2, 0) is 19.7 Å². The van der Waals surface area contributed by atoms with Crippen molar-refractivity contribution in [1.29, 1.82) is 0 Å². The minimum absolute atomic E-state index is 0.480. The van der Waals surface area contributed by atoms with Gasteiger partial charge in [0.1, 0.15) is 0 Å². The zero-order valence-corrected chi connectivity index (χ0v) is 13.5. The molecule has 0 saturated carbocycles. The van der Waals surface area contributed by atoms with E-state index in [1.165, 1.54) is 0 Å². The van der Waals surface area contributed by atoms with E-state index < -0.39 is 27.0 Å². The molecular weight excluding hydrogens is 301 g/mol. The van der Waals surface area contributed by atoms with Crippen LogP contribution >= 0.6 is 0 Å². The molecule has 0 aliphatic rings. The van der Waals surface area contributed by atoms with Crippen molar-refractivity contribution < 1.29 is 26.4 Å². The molecule has 1 aromatic rings. The molecule has 0 heterocycles. The van der Waals surface area contributed by atoms with Gasteiger partial charge in [-0.05, 0) is 37.0 Å². The van der Waals surface area contributed by atoms with Crippen LogP contribution in [0.3, 0.4) is 0 Å². The molecule has 0 unspecified atom stereocenters. The molecular formula is C14H21F3O3Si. The highest BCUT2D eigenvalue weighted by Crippen LogP contribution is 2.16. The van der Waals surface area contributed by atoms with Gasteiger partial charge in [-0.15, -0.1) is 0 Å². The van der Waals surface area contributed by atoms with E-state index in [1.807, 2.05) is 0 Å². The number of hydrogen-bond acceptors (Lipinski definition) is 3. The fourth-order valence-corrected chi connectivity index (χ4v) is 2.77. The van der Waals surface area contributed by atoms with Crippen LogP contribution in [0.1, 0.15) is 31.2 Å². The summed E-state index contributed by atoms with van der Waals surface area (Å²) in [5.74, 6) is -3.67. The maximum Gasteiger partial charge on any atom is 0.483 e. The van der Waals surface area contributed by atoms with E-state index in [0.29, 0.717) is 18.6 Å². The number of hydrogen-bond donors (Lipinski definition) is 0. The Balaban J connectivity index is 2.15. The average molecular weight is 322 g/mol. The fraction of sp³-hybridized carbons (Fsp3) is 0.571. The first-order valence-corrected chi connectivity index (χ1v) is 8.30. The molecule has 0 atom stereocenters. The van der Waals surface area contributed by atoms with Gasteiger partial charge in [0, 0.05) is 20.8 Å². The van der Waals surface area contributed by atoms with Crippen LogP contribution in [0.4, 0.5) is 13.2 Å². The maximum absolute atomic E-state index is 13.0. The monoisotopic (exact) mass is 322 g/mol. The number of aryl methyl sites for hydroxylation is 1. The molecule has 0 N–H and O–H groups in total. The number of rotatable bonds is 10. The predicted octanol–water partition coefficient (Wildman–Crippen LogP) is 3.23. The Morgan fingerprint density at radius 3 is 2.05 bits per heavy atom. The second kappa shape index (κ2) is 9.94. The van der Waals surface area contributed by atoms with Crippen molar-refractivity contribution in [3.8, 4) is 0 Å². The molecule has 7 heteroatoms. The third-order valence-corrected chi connectivity index (χ3v) is 4.32. The Hall–Kier alpha value is -0.893. The lowest BCUT2D eigenvalue weighted by atomic mass is 10.1. The van der Waals surface area contributed by atoms with Crippen molar-refractivity contribution in [2.45, 2.75) is 32.1 Å². The van der Waals surface area contributed by atoms with Crippen LogP contribution < -0.4 is 0 Å². The second-order valence-electron chi connectivity index (χ2n) is 4.67. The normalized spacial score (nSPS) is 11.3. The molecule has 0 aliphatic carbocycles. The minimum Gasteiger partial charge on any atom is -0.379 e. The number of halogens is 3. The Morgan fingerprint density at radius 1 is 0.905 bits per heavy atom. The highest BCUT2D eigenvalue weighted by Gasteiger charge is 2.11. The smallest absolute Gasteiger partial charge is 0.379 e. The zero-order valence-electron chi connectivity index (χ0n) is 12.3. The molecule has 0 fully saturated rings. The quantitative estimate of drug-likeness (QED) is 0.376. The molecule has 1 rings (SSSR count). The van der Waals surface area contributed by atoms with E-state index in [-0.39, 0.29) is 0 Å². The fourth-order valence-electron chi connectivity index (χ4n) is 1.95. The van der Waals surface area contributed by atoms with Gasteiger partial charge in [0.25, 0.3) is 0 Å². The predicted molar refractivity (Wildman–Crippen MR) is 75.6 cm³/mol. The highest BCUT2D eigenvalue weighted by molar-refractivity contribution is 6.36. The molecule has 21 heavy (non-hydrogen) atoms. The largest absolute Gasteiger partial charge is 0.483 e. The van der Waals surface area contributed by atoms with E-state index in [2.05, 4.69) is 0 Å². The van der Waals surface area contributed by atoms with Crippen molar-refractivity contribution in [2.24, 2.45) is 0 Å². The summed E-state index contributed by atoms with van der Waals surface area (Å²) >= 11 is 0. The summed E-state index contributed by atoms with van der Waals surface area (Å²) in [7, 11) is 1.18. The van der Waals surface area contributed by atoms with Gasteiger partial charge >= 0.3 is 9.53 Å². The van der Waals surface area contributed by atoms with Gasteiger partial charge in [-0.3, -0.25) is 0 Å². The standard InChI is InChI=1S/C14H21F3O3Si/c1-18-21(19-2)20-8-6-4-3-5-7-11-9-12(15)14(17)13(16)10-11/h9-10,21H,3-8H2,1-2H3. The Bertz CT molecular complexity index is 405. The van der Waals surface area contributed by atoms with Gasteiger partial charge < -0.3 is 13.3 Å². The van der Waals surface area contributed by atoms with Crippen LogP contribution in [0, 0.1) is 17.5 Å². The van der Waals surface area contributed by atoms with E-state index in [4.69, 9.17) is 13.3 Å². The highest BCUT2D eigenvalue weighted by atomic mass is 28.3. The topological polar surface area (TPSA) is 27.7 Å². The van der Waals surface area contributed by atoms with Crippen molar-refractivity contribution >= 4 is 9.53 Å².